The second-order valence-electron chi connectivity index (χ2n) is 4.62. The third kappa shape index (κ3) is 1.90. The maximum absolute atomic E-state index is 13.1. The van der Waals surface area contributed by atoms with Crippen LogP contribution in [-0.4, -0.2) is 22.6 Å². The van der Waals surface area contributed by atoms with Crippen LogP contribution in [0.15, 0.2) is 29.3 Å². The largest absolute Gasteiger partial charge is 0.315 e. The average molecular weight is 247 g/mol. The highest BCUT2D eigenvalue weighted by molar-refractivity contribution is 5.77. The summed E-state index contributed by atoms with van der Waals surface area (Å²) in [5.41, 5.74) is 0.328. The van der Waals surface area contributed by atoms with E-state index < -0.39 is 0 Å². The first-order valence-electron chi connectivity index (χ1n) is 6.13. The molecule has 4 nitrogen and oxygen atoms in total. The summed E-state index contributed by atoms with van der Waals surface area (Å²) in [5, 5.41) is 3.75. The van der Waals surface area contributed by atoms with Crippen LogP contribution >= 0.6 is 0 Å². The van der Waals surface area contributed by atoms with Crippen molar-refractivity contribution in [3.63, 3.8) is 0 Å². The molecular weight excluding hydrogens is 233 g/mol. The molecule has 1 aliphatic rings. The Morgan fingerprint density at radius 2 is 2.33 bits per heavy atom. The molecule has 2 aromatic rings. The molecule has 1 unspecified atom stereocenters. The Balaban J connectivity index is 2.11. The highest BCUT2D eigenvalue weighted by atomic mass is 19.1. The van der Waals surface area contributed by atoms with Gasteiger partial charge < -0.3 is 5.32 Å². The van der Waals surface area contributed by atoms with Crippen LogP contribution in [0.1, 0.15) is 18.9 Å². The van der Waals surface area contributed by atoms with E-state index in [1.54, 1.807) is 4.57 Å². The minimum absolute atomic E-state index is 0.0892. The fourth-order valence-corrected chi connectivity index (χ4v) is 2.44. The van der Waals surface area contributed by atoms with Gasteiger partial charge in [-0.05, 0) is 31.5 Å². The van der Waals surface area contributed by atoms with E-state index in [9.17, 15) is 9.18 Å². The van der Waals surface area contributed by atoms with E-state index in [4.69, 9.17) is 0 Å². The van der Waals surface area contributed by atoms with Gasteiger partial charge in [-0.1, -0.05) is 0 Å². The first-order chi connectivity index (χ1) is 8.75. The van der Waals surface area contributed by atoms with E-state index in [0.717, 1.165) is 25.9 Å². The van der Waals surface area contributed by atoms with Gasteiger partial charge in [0.1, 0.15) is 5.82 Å². The molecule has 1 atom stereocenters. The highest BCUT2D eigenvalue weighted by Gasteiger charge is 2.17. The van der Waals surface area contributed by atoms with Crippen molar-refractivity contribution < 1.29 is 4.39 Å². The summed E-state index contributed by atoms with van der Waals surface area (Å²) >= 11 is 0. The van der Waals surface area contributed by atoms with Crippen LogP contribution < -0.4 is 10.9 Å². The van der Waals surface area contributed by atoms with E-state index in [1.165, 1.54) is 24.5 Å². The lowest BCUT2D eigenvalue weighted by atomic mass is 10.1. The third-order valence-corrected chi connectivity index (χ3v) is 3.41. The first-order valence-corrected chi connectivity index (χ1v) is 6.13. The van der Waals surface area contributed by atoms with E-state index >= 15 is 0 Å². The lowest BCUT2D eigenvalue weighted by molar-refractivity contribution is 0.363. The summed E-state index contributed by atoms with van der Waals surface area (Å²) in [6.07, 6.45) is 3.56. The number of piperidine rings is 1. The third-order valence-electron chi connectivity index (χ3n) is 3.41. The van der Waals surface area contributed by atoms with Gasteiger partial charge in [-0.15, -0.1) is 0 Å². The number of nitrogens with one attached hydrogen (secondary N) is 1. The molecule has 1 saturated heterocycles. The number of aromatic nitrogens is 2. The minimum atomic E-state index is -0.369. The number of halogens is 1. The fourth-order valence-electron chi connectivity index (χ4n) is 2.44. The average Bonchev–Trinajstić information content (AvgIpc) is 2.40. The number of rotatable bonds is 1. The molecule has 5 heteroatoms. The predicted octanol–water partition coefficient (Wildman–Crippen LogP) is 1.46. The molecule has 0 spiro atoms. The molecule has 1 N–H and O–H groups in total. The highest BCUT2D eigenvalue weighted by Crippen LogP contribution is 2.16. The maximum Gasteiger partial charge on any atom is 0.261 e. The fraction of sp³-hybridized carbons (Fsp3) is 0.385. The Morgan fingerprint density at radius 3 is 3.11 bits per heavy atom. The molecular formula is C13H14FN3O. The smallest absolute Gasteiger partial charge is 0.261 e. The zero-order chi connectivity index (χ0) is 12.5. The van der Waals surface area contributed by atoms with Crippen molar-refractivity contribution in [3.05, 3.63) is 40.7 Å². The van der Waals surface area contributed by atoms with E-state index in [0.29, 0.717) is 10.9 Å². The van der Waals surface area contributed by atoms with Gasteiger partial charge in [0.15, 0.2) is 0 Å². The number of benzene rings is 1. The van der Waals surface area contributed by atoms with Crippen molar-refractivity contribution >= 4 is 10.9 Å². The second kappa shape index (κ2) is 4.49. The van der Waals surface area contributed by atoms with Crippen LogP contribution in [0.3, 0.4) is 0 Å². The van der Waals surface area contributed by atoms with Crippen LogP contribution in [0, 0.1) is 5.82 Å². The SMILES string of the molecule is O=c1c2ccc(F)cc2ncn1C1CCCNC1. The van der Waals surface area contributed by atoms with Crippen LogP contribution in [-0.2, 0) is 0 Å². The van der Waals surface area contributed by atoms with Crippen LogP contribution in [0.5, 0.6) is 0 Å². The molecule has 0 saturated carbocycles. The molecule has 0 aliphatic carbocycles. The van der Waals surface area contributed by atoms with Crippen molar-refractivity contribution in [2.75, 3.05) is 13.1 Å². The summed E-state index contributed by atoms with van der Waals surface area (Å²) in [6, 6.07) is 4.25. The molecule has 3 rings (SSSR count). The Hall–Kier alpha value is -1.75. The van der Waals surface area contributed by atoms with E-state index in [-0.39, 0.29) is 17.4 Å². The summed E-state index contributed by atoms with van der Waals surface area (Å²) in [6.45, 7) is 1.78. The van der Waals surface area contributed by atoms with Gasteiger partial charge in [0.05, 0.1) is 23.3 Å². The lowest BCUT2D eigenvalue weighted by Gasteiger charge is -2.24. The van der Waals surface area contributed by atoms with E-state index in [2.05, 4.69) is 10.3 Å². The molecule has 1 aromatic carbocycles. The zero-order valence-corrected chi connectivity index (χ0v) is 9.90. The number of nitrogens with zero attached hydrogens (tertiary/aromatic N) is 2. The summed E-state index contributed by atoms with van der Waals surface area (Å²) in [7, 11) is 0. The van der Waals surface area contributed by atoms with Crippen LogP contribution in [0.2, 0.25) is 0 Å². The predicted molar refractivity (Wildman–Crippen MR) is 67.1 cm³/mol. The van der Waals surface area contributed by atoms with Gasteiger partial charge in [-0.3, -0.25) is 9.36 Å². The second-order valence-corrected chi connectivity index (χ2v) is 4.62. The number of hydrogen-bond donors (Lipinski definition) is 1. The summed E-state index contributed by atoms with van der Waals surface area (Å²) in [5.74, 6) is -0.369. The van der Waals surface area contributed by atoms with Gasteiger partial charge in [0, 0.05) is 12.6 Å². The van der Waals surface area contributed by atoms with Gasteiger partial charge in [-0.25, -0.2) is 9.37 Å². The zero-order valence-electron chi connectivity index (χ0n) is 9.90. The summed E-state index contributed by atoms with van der Waals surface area (Å²) < 4.78 is 14.7. The quantitative estimate of drug-likeness (QED) is 0.830. The lowest BCUT2D eigenvalue weighted by Crippen LogP contribution is -2.36. The first kappa shape index (κ1) is 11.3. The van der Waals surface area contributed by atoms with Gasteiger partial charge >= 0.3 is 0 Å². The molecule has 0 amide bonds. The van der Waals surface area contributed by atoms with E-state index in [1.807, 2.05) is 0 Å². The summed E-state index contributed by atoms with van der Waals surface area (Å²) in [4.78, 5) is 16.5. The molecule has 1 aromatic heterocycles. The molecule has 18 heavy (non-hydrogen) atoms. The maximum atomic E-state index is 13.1. The van der Waals surface area contributed by atoms with Gasteiger partial charge in [0.25, 0.3) is 5.56 Å². The van der Waals surface area contributed by atoms with Crippen molar-refractivity contribution in [1.82, 2.24) is 14.9 Å². The molecule has 0 bridgehead atoms. The van der Waals surface area contributed by atoms with Crippen molar-refractivity contribution in [2.45, 2.75) is 18.9 Å². The Labute approximate surface area is 103 Å². The number of hydrogen-bond acceptors (Lipinski definition) is 3. The normalized spacial score (nSPS) is 20.2. The minimum Gasteiger partial charge on any atom is -0.315 e. The molecule has 2 heterocycles. The van der Waals surface area contributed by atoms with Crippen LogP contribution in [0.4, 0.5) is 4.39 Å². The Morgan fingerprint density at radius 1 is 1.44 bits per heavy atom. The molecule has 1 aliphatic heterocycles. The molecule has 0 radical (unpaired) electrons. The van der Waals surface area contributed by atoms with Gasteiger partial charge in [0.2, 0.25) is 0 Å². The standard InChI is InChI=1S/C13H14FN3O/c14-9-3-4-11-12(6-9)16-8-17(13(11)18)10-2-1-5-15-7-10/h3-4,6,8,10,15H,1-2,5,7H2. The topological polar surface area (TPSA) is 46.9 Å². The van der Waals surface area contributed by atoms with Crippen molar-refractivity contribution in [3.8, 4) is 0 Å². The van der Waals surface area contributed by atoms with Crippen molar-refractivity contribution in [1.29, 1.82) is 0 Å². The monoisotopic (exact) mass is 247 g/mol. The Kier molecular flexibility index (Phi) is 2.83. The molecule has 1 fully saturated rings. The number of fused-ring (bicyclic) bond motifs is 1. The van der Waals surface area contributed by atoms with Gasteiger partial charge in [-0.2, -0.15) is 0 Å². The van der Waals surface area contributed by atoms with Crippen molar-refractivity contribution in [2.24, 2.45) is 0 Å². The van der Waals surface area contributed by atoms with Crippen LogP contribution in [0.25, 0.3) is 10.9 Å². The molecule has 94 valence electrons. The Bertz CT molecular complexity index is 632.